The number of allylic oxidation sites excluding steroid dienone is 3. The van der Waals surface area contributed by atoms with Crippen molar-refractivity contribution in [2.45, 2.75) is 58.0 Å². The van der Waals surface area contributed by atoms with Crippen molar-refractivity contribution in [1.82, 2.24) is 0 Å². The number of rotatable bonds is 10. The van der Waals surface area contributed by atoms with Crippen LogP contribution in [0.3, 0.4) is 0 Å². The van der Waals surface area contributed by atoms with Gasteiger partial charge in [0.05, 0.1) is 6.10 Å². The fraction of sp³-hybridized carbons (Fsp3) is 0.688. The number of unbranched alkanes of at least 4 members (excludes halogenated alkanes) is 1. The lowest BCUT2D eigenvalue weighted by molar-refractivity contribution is -0.137. The van der Waals surface area contributed by atoms with Gasteiger partial charge in [-0.15, -0.1) is 0 Å². The maximum Gasteiger partial charge on any atom is 0.303 e. The number of aliphatic carboxylic acids is 1. The molecule has 19 heavy (non-hydrogen) atoms. The van der Waals surface area contributed by atoms with Gasteiger partial charge < -0.3 is 10.2 Å². The molecule has 3 atom stereocenters. The van der Waals surface area contributed by atoms with Gasteiger partial charge in [0.2, 0.25) is 0 Å². The zero-order chi connectivity index (χ0) is 14.1. The van der Waals surface area contributed by atoms with Gasteiger partial charge in [-0.3, -0.25) is 4.79 Å². The Morgan fingerprint density at radius 2 is 2.00 bits per heavy atom. The summed E-state index contributed by atoms with van der Waals surface area (Å²) in [5.41, 5.74) is 0. The summed E-state index contributed by atoms with van der Waals surface area (Å²) in [4.78, 5) is 10.3. The van der Waals surface area contributed by atoms with Crippen molar-refractivity contribution in [3.05, 3.63) is 24.3 Å². The van der Waals surface area contributed by atoms with Crippen molar-refractivity contribution in [1.29, 1.82) is 0 Å². The van der Waals surface area contributed by atoms with Crippen molar-refractivity contribution in [2.75, 3.05) is 0 Å². The van der Waals surface area contributed by atoms with Crippen molar-refractivity contribution < 1.29 is 15.0 Å². The summed E-state index contributed by atoms with van der Waals surface area (Å²) in [6.07, 6.45) is 14.5. The van der Waals surface area contributed by atoms with E-state index in [9.17, 15) is 4.79 Å². The van der Waals surface area contributed by atoms with Crippen LogP contribution in [0, 0.1) is 11.8 Å². The van der Waals surface area contributed by atoms with E-state index in [2.05, 4.69) is 18.2 Å². The number of hydrogen-bond donors (Lipinski definition) is 2. The van der Waals surface area contributed by atoms with Crippen LogP contribution < -0.4 is 0 Å². The highest BCUT2D eigenvalue weighted by atomic mass is 16.4. The molecule has 0 spiro atoms. The molecule has 0 saturated heterocycles. The fourth-order valence-corrected chi connectivity index (χ4v) is 2.32. The second kappa shape index (κ2) is 8.92. The number of carboxylic acids is 1. The molecular formula is C16H26O3. The van der Waals surface area contributed by atoms with Crippen LogP contribution >= 0.6 is 0 Å². The molecule has 0 aromatic heterocycles. The molecule has 0 amide bonds. The van der Waals surface area contributed by atoms with Gasteiger partial charge in [0, 0.05) is 6.42 Å². The quantitative estimate of drug-likeness (QED) is 0.469. The molecule has 1 saturated carbocycles. The molecule has 0 aromatic rings. The Bertz CT molecular complexity index is 318. The summed E-state index contributed by atoms with van der Waals surface area (Å²) in [5.74, 6) is 0.956. The van der Waals surface area contributed by atoms with Crippen LogP contribution in [0.15, 0.2) is 24.3 Å². The van der Waals surface area contributed by atoms with Gasteiger partial charge in [0.15, 0.2) is 0 Å². The van der Waals surface area contributed by atoms with Gasteiger partial charge in [0.1, 0.15) is 0 Å². The molecule has 0 bridgehead atoms. The van der Waals surface area contributed by atoms with Crippen LogP contribution in [0.2, 0.25) is 0 Å². The van der Waals surface area contributed by atoms with Crippen LogP contribution in [0.5, 0.6) is 0 Å². The Hall–Kier alpha value is -1.09. The van der Waals surface area contributed by atoms with E-state index in [0.717, 1.165) is 37.5 Å². The lowest BCUT2D eigenvalue weighted by Crippen LogP contribution is -1.92. The Balaban J connectivity index is 1.94. The second-order valence-corrected chi connectivity index (χ2v) is 5.50. The average Bonchev–Trinajstić information content (AvgIpc) is 3.05. The van der Waals surface area contributed by atoms with Gasteiger partial charge in [-0.25, -0.2) is 0 Å². The van der Waals surface area contributed by atoms with Crippen LogP contribution in [-0.4, -0.2) is 22.3 Å². The minimum absolute atomic E-state index is 0.269. The predicted molar refractivity (Wildman–Crippen MR) is 76.9 cm³/mol. The molecule has 0 heterocycles. The van der Waals surface area contributed by atoms with Gasteiger partial charge in [-0.1, -0.05) is 24.3 Å². The third-order valence-electron chi connectivity index (χ3n) is 3.55. The van der Waals surface area contributed by atoms with E-state index in [4.69, 9.17) is 10.2 Å². The molecule has 3 nitrogen and oxygen atoms in total. The maximum absolute atomic E-state index is 10.3. The van der Waals surface area contributed by atoms with E-state index in [0.29, 0.717) is 0 Å². The van der Waals surface area contributed by atoms with Crippen molar-refractivity contribution >= 4 is 5.97 Å². The van der Waals surface area contributed by atoms with Crippen molar-refractivity contribution in [2.24, 2.45) is 11.8 Å². The van der Waals surface area contributed by atoms with Crippen LogP contribution in [0.4, 0.5) is 0 Å². The lowest BCUT2D eigenvalue weighted by atomic mass is 10.1. The summed E-state index contributed by atoms with van der Waals surface area (Å²) < 4.78 is 0. The van der Waals surface area contributed by atoms with Crippen LogP contribution in [-0.2, 0) is 4.79 Å². The molecule has 0 aliphatic heterocycles. The smallest absolute Gasteiger partial charge is 0.303 e. The van der Waals surface area contributed by atoms with E-state index in [1.54, 1.807) is 6.92 Å². The SMILES string of the molecule is CC(O)/C=C/CC1CC1CC/C=C/CCCC(=O)O. The average molecular weight is 266 g/mol. The Morgan fingerprint density at radius 3 is 2.68 bits per heavy atom. The molecule has 1 aliphatic carbocycles. The first-order chi connectivity index (χ1) is 9.09. The molecule has 0 radical (unpaired) electrons. The summed E-state index contributed by atoms with van der Waals surface area (Å²) >= 11 is 0. The summed E-state index contributed by atoms with van der Waals surface area (Å²) in [6.45, 7) is 1.77. The Labute approximate surface area is 116 Å². The molecule has 1 rings (SSSR count). The standard InChI is InChI=1S/C16H26O3/c1-13(17)8-7-10-15-12-14(15)9-5-3-2-4-6-11-16(18)19/h2-3,7-8,13-15,17H,4-6,9-12H2,1H3,(H,18,19)/b3-2+,8-7+. The lowest BCUT2D eigenvalue weighted by Gasteiger charge is -1.96. The minimum atomic E-state index is -0.709. The summed E-state index contributed by atoms with van der Waals surface area (Å²) in [7, 11) is 0. The Morgan fingerprint density at radius 1 is 1.26 bits per heavy atom. The number of aliphatic hydroxyl groups excluding tert-OH is 1. The van der Waals surface area contributed by atoms with Crippen molar-refractivity contribution in [3.63, 3.8) is 0 Å². The molecule has 1 fully saturated rings. The zero-order valence-electron chi connectivity index (χ0n) is 11.8. The third kappa shape index (κ3) is 8.60. The van der Waals surface area contributed by atoms with Gasteiger partial charge in [-0.2, -0.15) is 0 Å². The highest BCUT2D eigenvalue weighted by Gasteiger charge is 2.34. The van der Waals surface area contributed by atoms with E-state index in [1.807, 2.05) is 6.08 Å². The second-order valence-electron chi connectivity index (χ2n) is 5.50. The van der Waals surface area contributed by atoms with Crippen LogP contribution in [0.25, 0.3) is 0 Å². The fourth-order valence-electron chi connectivity index (χ4n) is 2.32. The third-order valence-corrected chi connectivity index (χ3v) is 3.55. The largest absolute Gasteiger partial charge is 0.481 e. The zero-order valence-corrected chi connectivity index (χ0v) is 11.8. The molecule has 108 valence electrons. The monoisotopic (exact) mass is 266 g/mol. The predicted octanol–water partition coefficient (Wildman–Crippen LogP) is 3.54. The summed E-state index contributed by atoms with van der Waals surface area (Å²) in [6, 6.07) is 0. The molecular weight excluding hydrogens is 240 g/mol. The van der Waals surface area contributed by atoms with E-state index in [1.165, 1.54) is 12.8 Å². The van der Waals surface area contributed by atoms with Crippen molar-refractivity contribution in [3.8, 4) is 0 Å². The highest BCUT2D eigenvalue weighted by Crippen LogP contribution is 2.44. The van der Waals surface area contributed by atoms with E-state index in [-0.39, 0.29) is 12.5 Å². The molecule has 1 aliphatic rings. The highest BCUT2D eigenvalue weighted by molar-refractivity contribution is 5.66. The molecule has 3 unspecified atom stereocenters. The van der Waals surface area contributed by atoms with E-state index < -0.39 is 5.97 Å². The molecule has 3 heteroatoms. The van der Waals surface area contributed by atoms with Gasteiger partial charge in [0.25, 0.3) is 0 Å². The summed E-state index contributed by atoms with van der Waals surface area (Å²) in [5, 5.41) is 17.6. The van der Waals surface area contributed by atoms with E-state index >= 15 is 0 Å². The number of hydrogen-bond acceptors (Lipinski definition) is 2. The number of aliphatic hydroxyl groups is 1. The Kier molecular flexibility index (Phi) is 7.49. The first-order valence-corrected chi connectivity index (χ1v) is 7.31. The van der Waals surface area contributed by atoms with Gasteiger partial charge >= 0.3 is 5.97 Å². The number of carbonyl (C=O) groups is 1. The first kappa shape index (κ1) is 16.0. The normalized spacial score (nSPS) is 24.1. The molecule has 2 N–H and O–H groups in total. The topological polar surface area (TPSA) is 57.5 Å². The van der Waals surface area contributed by atoms with Gasteiger partial charge in [-0.05, 0) is 57.3 Å². The maximum atomic E-state index is 10.3. The minimum Gasteiger partial charge on any atom is -0.481 e. The number of carboxylic acid groups (broad SMARTS) is 1. The van der Waals surface area contributed by atoms with Crippen LogP contribution in [0.1, 0.15) is 51.9 Å². The first-order valence-electron chi connectivity index (χ1n) is 7.31. The molecule has 0 aromatic carbocycles.